The summed E-state index contributed by atoms with van der Waals surface area (Å²) in [6.45, 7) is 10.8. The van der Waals surface area contributed by atoms with E-state index in [1.54, 1.807) is 13.8 Å². The van der Waals surface area contributed by atoms with Crippen molar-refractivity contribution < 1.29 is 28.8 Å². The molecule has 0 bridgehead atoms. The number of unbranched alkanes of at least 4 members (excludes halogenated alkanes) is 1. The van der Waals surface area contributed by atoms with Gasteiger partial charge in [0, 0.05) is 26.9 Å². The van der Waals surface area contributed by atoms with Gasteiger partial charge >= 0.3 is 0 Å². The van der Waals surface area contributed by atoms with Crippen LogP contribution in [-0.2, 0) is 28.8 Å². The second-order valence-electron chi connectivity index (χ2n) is 10.1. The molecule has 1 rings (SSSR count). The zero-order valence-electron chi connectivity index (χ0n) is 22.4. The van der Waals surface area contributed by atoms with E-state index < -0.39 is 30.1 Å². The Bertz CT molecular complexity index is 800. The third-order valence-electron chi connectivity index (χ3n) is 6.23. The maximum Gasteiger partial charge on any atom is 0.246 e. The predicted octanol–water partition coefficient (Wildman–Crippen LogP) is 0.269. The van der Waals surface area contributed by atoms with Crippen LogP contribution in [0.2, 0.25) is 0 Å². The van der Waals surface area contributed by atoms with Gasteiger partial charge in [0.05, 0.1) is 6.04 Å². The van der Waals surface area contributed by atoms with Crippen LogP contribution in [0.25, 0.3) is 0 Å². The lowest BCUT2D eigenvalue weighted by molar-refractivity contribution is -0.143. The molecule has 0 aromatic rings. The summed E-state index contributed by atoms with van der Waals surface area (Å²) in [7, 11) is 0. The molecule has 5 amide bonds. The maximum atomic E-state index is 13.5. The molecule has 0 aromatic carbocycles. The van der Waals surface area contributed by atoms with Crippen molar-refractivity contribution in [3.8, 4) is 0 Å². The first-order valence-electron chi connectivity index (χ1n) is 12.8. The van der Waals surface area contributed by atoms with Gasteiger partial charge in [0.1, 0.15) is 24.4 Å². The zero-order chi connectivity index (χ0) is 27.4. The van der Waals surface area contributed by atoms with E-state index in [1.807, 2.05) is 13.8 Å². The molecule has 0 aliphatic carbocycles. The minimum atomic E-state index is -0.881. The van der Waals surface area contributed by atoms with E-state index in [-0.39, 0.29) is 35.5 Å². The average Bonchev–Trinajstić information content (AvgIpc) is 3.28. The first kappa shape index (κ1) is 31.1. The Morgan fingerprint density at radius 1 is 0.917 bits per heavy atom. The molecule has 1 fully saturated rings. The first-order chi connectivity index (χ1) is 16.9. The highest BCUT2D eigenvalue weighted by Crippen LogP contribution is 2.21. The van der Waals surface area contributed by atoms with E-state index in [0.717, 1.165) is 0 Å². The topological polar surface area (TPSA) is 154 Å². The monoisotopic (exact) mass is 509 g/mol. The van der Waals surface area contributed by atoms with Crippen LogP contribution in [0, 0.1) is 11.8 Å². The normalized spacial score (nSPS) is 17.8. The molecule has 0 saturated carbocycles. The summed E-state index contributed by atoms with van der Waals surface area (Å²) in [6, 6.07) is -3.06. The van der Waals surface area contributed by atoms with Crippen molar-refractivity contribution in [1.29, 1.82) is 0 Å². The Hall–Kier alpha value is -2.98. The molecule has 0 spiro atoms. The molecular formula is C25H43N5O6. The number of hydrogen-bond acceptors (Lipinski definition) is 6. The number of rotatable bonds is 14. The summed E-state index contributed by atoms with van der Waals surface area (Å²) in [5.74, 6) is -2.06. The van der Waals surface area contributed by atoms with Gasteiger partial charge < -0.3 is 31.0 Å². The number of nitrogens with one attached hydrogen (secondary N) is 4. The molecule has 1 saturated heterocycles. The third-order valence-corrected chi connectivity index (χ3v) is 6.23. The van der Waals surface area contributed by atoms with Crippen LogP contribution >= 0.6 is 0 Å². The van der Waals surface area contributed by atoms with Crippen LogP contribution in [0.15, 0.2) is 0 Å². The van der Waals surface area contributed by atoms with Gasteiger partial charge in [-0.15, -0.1) is 0 Å². The van der Waals surface area contributed by atoms with E-state index in [0.29, 0.717) is 51.5 Å². The fraction of sp³-hybridized carbons (Fsp3) is 0.760. The van der Waals surface area contributed by atoms with E-state index in [1.165, 1.54) is 18.7 Å². The number of carbonyl (C=O) groups excluding carboxylic acids is 6. The minimum Gasteiger partial charge on any atom is -0.356 e. The molecule has 1 aliphatic heterocycles. The highest BCUT2D eigenvalue weighted by Gasteiger charge is 2.39. The summed E-state index contributed by atoms with van der Waals surface area (Å²) in [4.78, 5) is 74.9. The van der Waals surface area contributed by atoms with Gasteiger partial charge in [-0.1, -0.05) is 27.7 Å². The SMILES string of the molecule is CC(=O)NCCCC[C@H](NC(C)=O)C(=O)N[C@H](C(=O)N1CCC[C@H]1C(=O)N[C@H](C=O)C(C)C)C(C)C. The minimum absolute atomic E-state index is 0.0799. The molecule has 0 aromatic heterocycles. The fourth-order valence-electron chi connectivity index (χ4n) is 4.12. The van der Waals surface area contributed by atoms with Crippen LogP contribution in [0.3, 0.4) is 0 Å². The molecule has 0 unspecified atom stereocenters. The first-order valence-corrected chi connectivity index (χ1v) is 12.8. The Morgan fingerprint density at radius 3 is 2.11 bits per heavy atom. The number of aldehydes is 1. The predicted molar refractivity (Wildman–Crippen MR) is 134 cm³/mol. The third kappa shape index (κ3) is 9.94. The zero-order valence-corrected chi connectivity index (χ0v) is 22.4. The standard InChI is InChI=1S/C25H43N5O6/c1-15(2)20(14-31)28-24(35)21-11-9-13-30(21)25(36)22(16(3)4)29-23(34)19(27-18(6)33)10-7-8-12-26-17(5)32/h14-16,19-22H,7-13H2,1-6H3,(H,26,32)(H,27,33)(H,28,35)(H,29,34)/t19-,20+,21-,22-/m0/s1. The van der Waals surface area contributed by atoms with Crippen LogP contribution in [-0.4, -0.2) is 78.0 Å². The van der Waals surface area contributed by atoms with Crippen molar-refractivity contribution in [2.45, 2.75) is 97.8 Å². The van der Waals surface area contributed by atoms with Crippen molar-refractivity contribution in [2.24, 2.45) is 11.8 Å². The van der Waals surface area contributed by atoms with Gasteiger partial charge in [0.15, 0.2) is 0 Å². The molecule has 36 heavy (non-hydrogen) atoms. The summed E-state index contributed by atoms with van der Waals surface area (Å²) >= 11 is 0. The Morgan fingerprint density at radius 2 is 1.58 bits per heavy atom. The smallest absolute Gasteiger partial charge is 0.246 e. The molecule has 0 radical (unpaired) electrons. The van der Waals surface area contributed by atoms with Crippen molar-refractivity contribution in [2.75, 3.05) is 13.1 Å². The number of nitrogens with zero attached hydrogens (tertiary/aromatic N) is 1. The molecule has 1 aliphatic rings. The van der Waals surface area contributed by atoms with Crippen LogP contribution in [0.1, 0.15) is 73.6 Å². The molecule has 11 heteroatoms. The maximum absolute atomic E-state index is 13.5. The molecular weight excluding hydrogens is 466 g/mol. The van der Waals surface area contributed by atoms with E-state index in [4.69, 9.17) is 0 Å². The quantitative estimate of drug-likeness (QED) is 0.195. The summed E-state index contributed by atoms with van der Waals surface area (Å²) in [5.41, 5.74) is 0. The lowest BCUT2D eigenvalue weighted by Crippen LogP contribution is -2.58. The highest BCUT2D eigenvalue weighted by molar-refractivity contribution is 5.95. The molecule has 11 nitrogen and oxygen atoms in total. The van der Waals surface area contributed by atoms with Gasteiger partial charge in [-0.05, 0) is 43.9 Å². The van der Waals surface area contributed by atoms with Crippen molar-refractivity contribution in [1.82, 2.24) is 26.2 Å². The lowest BCUT2D eigenvalue weighted by atomic mass is 10.0. The average molecular weight is 510 g/mol. The fourth-order valence-corrected chi connectivity index (χ4v) is 4.12. The number of hydrogen-bond donors (Lipinski definition) is 4. The Balaban J connectivity index is 2.89. The van der Waals surface area contributed by atoms with Crippen molar-refractivity contribution in [3.63, 3.8) is 0 Å². The number of carbonyl (C=O) groups is 6. The van der Waals surface area contributed by atoms with Gasteiger partial charge in [0.25, 0.3) is 0 Å². The van der Waals surface area contributed by atoms with Gasteiger partial charge in [-0.3, -0.25) is 24.0 Å². The van der Waals surface area contributed by atoms with Crippen molar-refractivity contribution >= 4 is 35.8 Å². The van der Waals surface area contributed by atoms with E-state index in [9.17, 15) is 28.8 Å². The molecule has 204 valence electrons. The number of likely N-dealkylation sites (tertiary alicyclic amines) is 1. The summed E-state index contributed by atoms with van der Waals surface area (Å²) in [5, 5.41) is 10.8. The second kappa shape index (κ2) is 15.2. The van der Waals surface area contributed by atoms with Crippen molar-refractivity contribution in [3.05, 3.63) is 0 Å². The number of amides is 5. The summed E-state index contributed by atoms with van der Waals surface area (Å²) in [6.07, 6.45) is 3.38. The second-order valence-corrected chi connectivity index (χ2v) is 10.1. The van der Waals surface area contributed by atoms with E-state index >= 15 is 0 Å². The van der Waals surface area contributed by atoms with E-state index in [2.05, 4.69) is 21.3 Å². The van der Waals surface area contributed by atoms with Crippen LogP contribution in [0.5, 0.6) is 0 Å². The van der Waals surface area contributed by atoms with Gasteiger partial charge in [-0.2, -0.15) is 0 Å². The van der Waals surface area contributed by atoms with Gasteiger partial charge in [0.2, 0.25) is 29.5 Å². The van der Waals surface area contributed by atoms with Gasteiger partial charge in [-0.25, -0.2) is 0 Å². The van der Waals surface area contributed by atoms with Crippen LogP contribution < -0.4 is 21.3 Å². The molecule has 1 heterocycles. The molecule has 4 atom stereocenters. The molecule has 4 N–H and O–H groups in total. The summed E-state index contributed by atoms with van der Waals surface area (Å²) < 4.78 is 0. The largest absolute Gasteiger partial charge is 0.356 e. The Kier molecular flexibility index (Phi) is 13.1. The van der Waals surface area contributed by atoms with Crippen LogP contribution in [0.4, 0.5) is 0 Å². The lowest BCUT2D eigenvalue weighted by Gasteiger charge is -2.32. The Labute approximate surface area is 213 Å². The highest BCUT2D eigenvalue weighted by atomic mass is 16.2.